The molecule has 1 aliphatic rings. The summed E-state index contributed by atoms with van der Waals surface area (Å²) in [6.07, 6.45) is 41.8. The molecule has 330 valence electrons. The van der Waals surface area contributed by atoms with Crippen LogP contribution < -0.4 is 0 Å². The van der Waals surface area contributed by atoms with Gasteiger partial charge in [0, 0.05) is 12.8 Å². The van der Waals surface area contributed by atoms with Crippen LogP contribution in [-0.4, -0.2) is 87.1 Å². The maximum Gasteiger partial charge on any atom is 0.472 e. The van der Waals surface area contributed by atoms with Gasteiger partial charge < -0.3 is 23.6 Å². The zero-order chi connectivity index (χ0) is 41.9. The minimum absolute atomic E-state index is 0.0207. The molecule has 0 amide bonds. The number of hydrogen-bond acceptors (Lipinski definition) is 8. The number of hydrogen-bond donors (Lipinski definition) is 1. The summed E-state index contributed by atoms with van der Waals surface area (Å²) >= 11 is 0. The van der Waals surface area contributed by atoms with Crippen molar-refractivity contribution in [1.29, 1.82) is 0 Å². The minimum atomic E-state index is -4.39. The van der Waals surface area contributed by atoms with Crippen molar-refractivity contribution in [3.8, 4) is 0 Å². The van der Waals surface area contributed by atoms with Crippen LogP contribution in [-0.2, 0) is 37.4 Å². The number of ether oxygens (including phenoxy) is 3. The van der Waals surface area contributed by atoms with Gasteiger partial charge in [0.25, 0.3) is 0 Å². The third kappa shape index (κ3) is 35.6. The number of phosphoric ester groups is 1. The van der Waals surface area contributed by atoms with E-state index in [2.05, 4.69) is 62.5 Å². The molecule has 1 saturated heterocycles. The molecule has 0 aromatic rings. The van der Waals surface area contributed by atoms with Crippen LogP contribution >= 0.6 is 7.82 Å². The Morgan fingerprint density at radius 1 is 0.649 bits per heavy atom. The van der Waals surface area contributed by atoms with Crippen molar-refractivity contribution in [3.63, 3.8) is 0 Å². The lowest BCUT2D eigenvalue weighted by atomic mass is 10.1. The smallest absolute Gasteiger partial charge is 0.462 e. The molecule has 1 fully saturated rings. The van der Waals surface area contributed by atoms with E-state index in [4.69, 9.17) is 23.3 Å². The van der Waals surface area contributed by atoms with Gasteiger partial charge in [-0.05, 0) is 77.0 Å². The normalized spacial score (nSPS) is 17.6. The quantitative estimate of drug-likeness (QED) is 0.0161. The lowest BCUT2D eigenvalue weighted by molar-refractivity contribution is -0.870. The number of carbonyl (C=O) groups is 2. The van der Waals surface area contributed by atoms with Crippen molar-refractivity contribution in [1.82, 2.24) is 0 Å². The van der Waals surface area contributed by atoms with E-state index in [0.717, 1.165) is 77.0 Å². The van der Waals surface area contributed by atoms with Crippen LogP contribution in [0.15, 0.2) is 48.6 Å². The van der Waals surface area contributed by atoms with Crippen molar-refractivity contribution < 1.29 is 46.8 Å². The van der Waals surface area contributed by atoms with E-state index in [1.165, 1.54) is 51.4 Å². The number of nitrogens with zero attached hydrogens (tertiary/aromatic N) is 1. The first-order chi connectivity index (χ1) is 27.5. The molecule has 4 atom stereocenters. The Morgan fingerprint density at radius 2 is 1.18 bits per heavy atom. The van der Waals surface area contributed by atoms with Crippen molar-refractivity contribution in [2.75, 3.05) is 47.5 Å². The maximum atomic E-state index is 12.7. The summed E-state index contributed by atoms with van der Waals surface area (Å²) in [7, 11) is 1.44. The number of quaternary nitrogens is 1. The average Bonchev–Trinajstić information content (AvgIpc) is 3.91. The number of unbranched alkanes of at least 4 members (excludes halogenated alkanes) is 14. The fourth-order valence-electron chi connectivity index (χ4n) is 6.08. The van der Waals surface area contributed by atoms with Gasteiger partial charge in [-0.15, -0.1) is 0 Å². The predicted molar refractivity (Wildman–Crippen MR) is 233 cm³/mol. The average molecular weight is 825 g/mol. The van der Waals surface area contributed by atoms with Crippen LogP contribution in [0.2, 0.25) is 0 Å². The van der Waals surface area contributed by atoms with Crippen molar-refractivity contribution in [2.24, 2.45) is 0 Å². The Kier molecular flexibility index (Phi) is 32.3. The number of allylic oxidation sites excluding steroid dienone is 7. The fraction of sp³-hybridized carbons (Fsp3) is 0.783. The van der Waals surface area contributed by atoms with Crippen LogP contribution in [0.3, 0.4) is 0 Å². The molecule has 57 heavy (non-hydrogen) atoms. The molecule has 11 heteroatoms. The van der Waals surface area contributed by atoms with E-state index in [-0.39, 0.29) is 26.1 Å². The van der Waals surface area contributed by atoms with Crippen molar-refractivity contribution in [3.05, 3.63) is 48.6 Å². The topological polar surface area (TPSA) is 121 Å². The Morgan fingerprint density at radius 3 is 1.79 bits per heavy atom. The zero-order valence-electron chi connectivity index (χ0n) is 36.8. The number of phosphoric acid groups is 1. The van der Waals surface area contributed by atoms with Gasteiger partial charge in [-0.2, -0.15) is 0 Å². The first-order valence-corrected chi connectivity index (χ1v) is 24.0. The number of likely N-dealkylation sites (N-methyl/N-ethyl adjacent to an activating group) is 1. The van der Waals surface area contributed by atoms with Crippen LogP contribution in [0.1, 0.15) is 168 Å². The molecule has 0 aliphatic carbocycles. The SMILES string of the molecule is CCCCC/C=C\C/C=C\C/C=C\CCCCCCC(=O)O[C@H](COC(=O)CCCCCCC/C=C\CC1OC1CCCCC)COP(=O)(O)OCC[N+](C)(C)C. The summed E-state index contributed by atoms with van der Waals surface area (Å²) in [4.78, 5) is 35.4. The maximum absolute atomic E-state index is 12.7. The highest BCUT2D eigenvalue weighted by Gasteiger charge is 2.36. The Balaban J connectivity index is 2.30. The summed E-state index contributed by atoms with van der Waals surface area (Å²) in [5.74, 6) is -0.848. The van der Waals surface area contributed by atoms with Crippen molar-refractivity contribution >= 4 is 19.8 Å². The molecule has 0 saturated carbocycles. The van der Waals surface area contributed by atoms with Gasteiger partial charge >= 0.3 is 19.8 Å². The Labute approximate surface area is 348 Å². The highest BCUT2D eigenvalue weighted by atomic mass is 31.2. The van der Waals surface area contributed by atoms with E-state index >= 15 is 0 Å². The van der Waals surface area contributed by atoms with Gasteiger partial charge in [-0.3, -0.25) is 18.6 Å². The highest BCUT2D eigenvalue weighted by molar-refractivity contribution is 7.47. The number of carbonyl (C=O) groups excluding carboxylic acids is 2. The fourth-order valence-corrected chi connectivity index (χ4v) is 6.83. The summed E-state index contributed by atoms with van der Waals surface area (Å²) in [6.45, 7) is 4.30. The molecule has 0 aromatic heterocycles. The first kappa shape index (κ1) is 52.9. The van der Waals surface area contributed by atoms with Crippen LogP contribution in [0.25, 0.3) is 0 Å². The predicted octanol–water partition coefficient (Wildman–Crippen LogP) is 11.7. The number of esters is 2. The molecule has 0 radical (unpaired) electrons. The molecule has 0 aromatic carbocycles. The molecule has 1 aliphatic heterocycles. The van der Waals surface area contributed by atoms with E-state index in [1.54, 1.807) is 0 Å². The molecule has 3 unspecified atom stereocenters. The van der Waals surface area contributed by atoms with Crippen molar-refractivity contribution in [2.45, 2.75) is 186 Å². The van der Waals surface area contributed by atoms with E-state index in [9.17, 15) is 19.0 Å². The van der Waals surface area contributed by atoms with Gasteiger partial charge in [0.15, 0.2) is 6.10 Å². The zero-order valence-corrected chi connectivity index (χ0v) is 37.7. The summed E-state index contributed by atoms with van der Waals surface area (Å²) in [6, 6.07) is 0. The lowest BCUT2D eigenvalue weighted by Gasteiger charge is -2.24. The summed E-state index contributed by atoms with van der Waals surface area (Å²) in [5.41, 5.74) is 0. The molecule has 1 heterocycles. The monoisotopic (exact) mass is 825 g/mol. The van der Waals surface area contributed by atoms with E-state index in [0.29, 0.717) is 36.1 Å². The van der Waals surface area contributed by atoms with Gasteiger partial charge in [0.05, 0.1) is 40.0 Å². The van der Waals surface area contributed by atoms with Gasteiger partial charge in [0.2, 0.25) is 0 Å². The summed E-state index contributed by atoms with van der Waals surface area (Å²) in [5, 5.41) is 0. The molecule has 10 nitrogen and oxygen atoms in total. The molecular weight excluding hydrogens is 741 g/mol. The second-order valence-corrected chi connectivity index (χ2v) is 17.9. The van der Waals surface area contributed by atoms with Crippen LogP contribution in [0.4, 0.5) is 0 Å². The van der Waals surface area contributed by atoms with Gasteiger partial charge in [-0.25, -0.2) is 4.57 Å². The summed E-state index contributed by atoms with van der Waals surface area (Å²) < 4.78 is 40.0. The van der Waals surface area contributed by atoms with E-state index < -0.39 is 32.5 Å². The highest BCUT2D eigenvalue weighted by Crippen LogP contribution is 2.43. The first-order valence-electron chi connectivity index (χ1n) is 22.5. The Hall–Kier alpha value is -2.07. The molecule has 0 spiro atoms. The molecular formula is C46H83NO9P+. The van der Waals surface area contributed by atoms with Crippen LogP contribution in [0.5, 0.6) is 0 Å². The lowest BCUT2D eigenvalue weighted by Crippen LogP contribution is -2.37. The van der Waals surface area contributed by atoms with Gasteiger partial charge in [-0.1, -0.05) is 127 Å². The minimum Gasteiger partial charge on any atom is -0.462 e. The third-order valence-electron chi connectivity index (χ3n) is 9.76. The standard InChI is InChI=1S/C46H82NO9P/c1-6-8-10-11-12-13-14-15-16-17-18-19-20-21-26-29-33-37-46(49)55-42(41-54-57(50,51)53-39-38-47(3,4)5)40-52-45(48)36-32-28-25-23-22-24-27-31-35-44-43(56-44)34-30-9-7-2/h12-13,15-16,18-19,27,31,42-44H,6-11,14,17,20-26,28-30,32-41H2,1-5H3/p+1/b13-12-,16-15-,19-18-,31-27-/t42-,43?,44?/m1/s1. The second-order valence-electron chi connectivity index (χ2n) is 16.5. The Bertz CT molecular complexity index is 1180. The molecule has 1 N–H and O–H groups in total. The number of rotatable bonds is 39. The second kappa shape index (κ2) is 34.8. The largest absolute Gasteiger partial charge is 0.472 e. The van der Waals surface area contributed by atoms with Crippen LogP contribution in [0, 0.1) is 0 Å². The molecule has 0 bridgehead atoms. The van der Waals surface area contributed by atoms with Gasteiger partial charge in [0.1, 0.15) is 19.8 Å². The van der Waals surface area contributed by atoms with E-state index in [1.807, 2.05) is 21.1 Å². The third-order valence-corrected chi connectivity index (χ3v) is 10.7. The number of epoxide rings is 1. The molecule has 1 rings (SSSR count).